The van der Waals surface area contributed by atoms with E-state index in [9.17, 15) is 8.42 Å². The van der Waals surface area contributed by atoms with Crippen LogP contribution in [0.2, 0.25) is 0 Å². The summed E-state index contributed by atoms with van der Waals surface area (Å²) in [6.07, 6.45) is 4.65. The van der Waals surface area contributed by atoms with Crippen LogP contribution in [0.3, 0.4) is 0 Å². The van der Waals surface area contributed by atoms with E-state index in [2.05, 4.69) is 15.3 Å². The van der Waals surface area contributed by atoms with E-state index in [1.807, 2.05) is 23.6 Å². The Bertz CT molecular complexity index is 716. The third-order valence-corrected chi connectivity index (χ3v) is 5.39. The molecule has 3 rings (SSSR count). The van der Waals surface area contributed by atoms with Gasteiger partial charge in [0, 0.05) is 18.1 Å². The molecule has 1 saturated heterocycles. The van der Waals surface area contributed by atoms with Crippen LogP contribution in [0, 0.1) is 0 Å². The molecule has 0 aliphatic carbocycles. The van der Waals surface area contributed by atoms with Crippen molar-refractivity contribution in [2.24, 2.45) is 0 Å². The maximum atomic E-state index is 11.8. The molecule has 3 heterocycles. The number of hydrogen-bond donors (Lipinski definition) is 1. The van der Waals surface area contributed by atoms with E-state index in [0.29, 0.717) is 12.4 Å². The molecule has 1 N–H and O–H groups in total. The SMILES string of the molecule is CS(=O)(=O)N1CCC[C@@H]1c1cccc(Nc2nccs2)n1. The number of anilines is 2. The summed E-state index contributed by atoms with van der Waals surface area (Å²) in [5.41, 5.74) is 0.777. The molecule has 8 heteroatoms. The Morgan fingerprint density at radius 3 is 3.00 bits per heavy atom. The van der Waals surface area contributed by atoms with Crippen LogP contribution in [-0.4, -0.2) is 35.5 Å². The van der Waals surface area contributed by atoms with Crippen molar-refractivity contribution in [3.05, 3.63) is 35.5 Å². The van der Waals surface area contributed by atoms with Crippen LogP contribution < -0.4 is 5.32 Å². The second-order valence-corrected chi connectivity index (χ2v) is 7.77. The molecule has 2 aromatic rings. The number of aromatic nitrogens is 2. The summed E-state index contributed by atoms with van der Waals surface area (Å²) in [5, 5.41) is 5.78. The Balaban J connectivity index is 1.85. The molecule has 0 spiro atoms. The minimum Gasteiger partial charge on any atom is -0.316 e. The third kappa shape index (κ3) is 3.22. The zero-order valence-corrected chi connectivity index (χ0v) is 13.2. The van der Waals surface area contributed by atoms with Crippen molar-refractivity contribution in [3.63, 3.8) is 0 Å². The second kappa shape index (κ2) is 5.70. The van der Waals surface area contributed by atoms with Crippen LogP contribution >= 0.6 is 11.3 Å². The minimum atomic E-state index is -3.20. The first kappa shape index (κ1) is 14.4. The molecule has 1 aliphatic heterocycles. The van der Waals surface area contributed by atoms with Gasteiger partial charge in [-0.25, -0.2) is 18.4 Å². The van der Waals surface area contributed by atoms with E-state index >= 15 is 0 Å². The minimum absolute atomic E-state index is 0.168. The van der Waals surface area contributed by atoms with Gasteiger partial charge in [0.15, 0.2) is 5.13 Å². The van der Waals surface area contributed by atoms with Gasteiger partial charge < -0.3 is 5.32 Å². The fraction of sp³-hybridized carbons (Fsp3) is 0.385. The normalized spacial score (nSPS) is 19.8. The zero-order valence-electron chi connectivity index (χ0n) is 11.6. The Labute approximate surface area is 127 Å². The van der Waals surface area contributed by atoms with E-state index < -0.39 is 10.0 Å². The maximum Gasteiger partial charge on any atom is 0.211 e. The number of pyridine rings is 1. The van der Waals surface area contributed by atoms with Crippen LogP contribution in [0.15, 0.2) is 29.8 Å². The van der Waals surface area contributed by atoms with Crippen molar-refractivity contribution in [1.29, 1.82) is 0 Å². The molecule has 0 amide bonds. The van der Waals surface area contributed by atoms with Crippen LogP contribution in [0.5, 0.6) is 0 Å². The van der Waals surface area contributed by atoms with Gasteiger partial charge in [-0.2, -0.15) is 4.31 Å². The van der Waals surface area contributed by atoms with Gasteiger partial charge in [0.25, 0.3) is 0 Å². The lowest BCUT2D eigenvalue weighted by molar-refractivity contribution is 0.394. The van der Waals surface area contributed by atoms with Crippen molar-refractivity contribution in [2.75, 3.05) is 18.1 Å². The van der Waals surface area contributed by atoms with Crippen molar-refractivity contribution >= 4 is 32.3 Å². The average molecular weight is 324 g/mol. The average Bonchev–Trinajstić information content (AvgIpc) is 3.08. The van der Waals surface area contributed by atoms with Crippen LogP contribution in [-0.2, 0) is 10.0 Å². The van der Waals surface area contributed by atoms with E-state index in [1.165, 1.54) is 21.9 Å². The zero-order chi connectivity index (χ0) is 14.9. The maximum absolute atomic E-state index is 11.8. The molecule has 0 unspecified atom stereocenters. The lowest BCUT2D eigenvalue weighted by atomic mass is 10.1. The van der Waals surface area contributed by atoms with Gasteiger partial charge in [-0.15, -0.1) is 11.3 Å². The Morgan fingerprint density at radius 1 is 1.43 bits per heavy atom. The number of nitrogens with zero attached hydrogens (tertiary/aromatic N) is 3. The van der Waals surface area contributed by atoms with Gasteiger partial charge in [-0.1, -0.05) is 6.07 Å². The highest BCUT2D eigenvalue weighted by Crippen LogP contribution is 2.33. The highest BCUT2D eigenvalue weighted by atomic mass is 32.2. The first-order chi connectivity index (χ1) is 10.0. The molecule has 0 radical (unpaired) electrons. The summed E-state index contributed by atoms with van der Waals surface area (Å²) in [5.74, 6) is 0.683. The predicted octanol–water partition coefficient (Wildman–Crippen LogP) is 2.38. The summed E-state index contributed by atoms with van der Waals surface area (Å²) in [6, 6.07) is 5.45. The van der Waals surface area contributed by atoms with Gasteiger partial charge in [0.05, 0.1) is 18.0 Å². The van der Waals surface area contributed by atoms with E-state index in [4.69, 9.17) is 0 Å². The molecule has 1 aliphatic rings. The first-order valence-corrected chi connectivity index (χ1v) is 9.37. The number of thiazole rings is 1. The molecule has 21 heavy (non-hydrogen) atoms. The smallest absolute Gasteiger partial charge is 0.211 e. The number of nitrogens with one attached hydrogen (secondary N) is 1. The van der Waals surface area contributed by atoms with Crippen molar-refractivity contribution in [3.8, 4) is 0 Å². The Kier molecular flexibility index (Phi) is 3.92. The summed E-state index contributed by atoms with van der Waals surface area (Å²) in [6.45, 7) is 0.565. The monoisotopic (exact) mass is 324 g/mol. The van der Waals surface area contributed by atoms with Gasteiger partial charge >= 0.3 is 0 Å². The fourth-order valence-corrected chi connectivity index (χ4v) is 4.21. The molecule has 0 aromatic carbocycles. The Morgan fingerprint density at radius 2 is 2.29 bits per heavy atom. The lowest BCUT2D eigenvalue weighted by Gasteiger charge is -2.21. The third-order valence-electron chi connectivity index (χ3n) is 3.41. The first-order valence-electron chi connectivity index (χ1n) is 6.64. The quantitative estimate of drug-likeness (QED) is 0.934. The second-order valence-electron chi connectivity index (χ2n) is 4.94. The molecule has 0 saturated carbocycles. The standard InChI is InChI=1S/C13H16N4O2S2/c1-21(18,19)17-8-3-5-11(17)10-4-2-6-12(15-10)16-13-14-7-9-20-13/h2,4,6-7,9,11H,3,5,8H2,1H3,(H,14,15,16)/t11-/m1/s1. The number of sulfonamides is 1. The summed E-state index contributed by atoms with van der Waals surface area (Å²) < 4.78 is 25.2. The van der Waals surface area contributed by atoms with Crippen molar-refractivity contribution < 1.29 is 8.42 Å². The summed E-state index contributed by atoms with van der Waals surface area (Å²) >= 11 is 1.49. The molecule has 0 bridgehead atoms. The van der Waals surface area contributed by atoms with Crippen LogP contribution in [0.1, 0.15) is 24.6 Å². The molecular formula is C13H16N4O2S2. The molecule has 6 nitrogen and oxygen atoms in total. The van der Waals surface area contributed by atoms with Crippen LogP contribution in [0.25, 0.3) is 0 Å². The van der Waals surface area contributed by atoms with Gasteiger partial charge in [0.2, 0.25) is 10.0 Å². The molecule has 112 valence electrons. The Hall–Kier alpha value is -1.51. The fourth-order valence-electron chi connectivity index (χ4n) is 2.53. The van der Waals surface area contributed by atoms with Crippen molar-refractivity contribution in [1.82, 2.24) is 14.3 Å². The highest BCUT2D eigenvalue weighted by Gasteiger charge is 2.33. The van der Waals surface area contributed by atoms with E-state index in [1.54, 1.807) is 6.20 Å². The molecule has 1 atom stereocenters. The van der Waals surface area contributed by atoms with Crippen LogP contribution in [0.4, 0.5) is 10.9 Å². The number of rotatable bonds is 4. The molecular weight excluding hydrogens is 308 g/mol. The van der Waals surface area contributed by atoms with Gasteiger partial charge in [0.1, 0.15) is 5.82 Å². The van der Waals surface area contributed by atoms with E-state index in [-0.39, 0.29) is 6.04 Å². The predicted molar refractivity (Wildman–Crippen MR) is 83.2 cm³/mol. The van der Waals surface area contributed by atoms with Gasteiger partial charge in [-0.3, -0.25) is 0 Å². The summed E-state index contributed by atoms with van der Waals surface area (Å²) in [7, 11) is -3.20. The molecule has 1 fully saturated rings. The molecule has 2 aromatic heterocycles. The van der Waals surface area contributed by atoms with Crippen molar-refractivity contribution in [2.45, 2.75) is 18.9 Å². The topological polar surface area (TPSA) is 75.2 Å². The highest BCUT2D eigenvalue weighted by molar-refractivity contribution is 7.88. The lowest BCUT2D eigenvalue weighted by Crippen LogP contribution is -2.29. The van der Waals surface area contributed by atoms with E-state index in [0.717, 1.165) is 23.7 Å². The number of hydrogen-bond acceptors (Lipinski definition) is 6. The summed E-state index contributed by atoms with van der Waals surface area (Å²) in [4.78, 5) is 8.70. The largest absolute Gasteiger partial charge is 0.316 e. The van der Waals surface area contributed by atoms with Gasteiger partial charge in [-0.05, 0) is 25.0 Å².